The summed E-state index contributed by atoms with van der Waals surface area (Å²) in [5.74, 6) is 0.690. The topological polar surface area (TPSA) is 99.6 Å². The molecular formula is C45H50FN5O4. The zero-order valence-electron chi connectivity index (χ0n) is 31.2. The average Bonchev–Trinajstić information content (AvgIpc) is 3.53. The highest BCUT2D eigenvalue weighted by Gasteiger charge is 2.39. The number of nitrogens with one attached hydrogen (secondary N) is 1. The van der Waals surface area contributed by atoms with Crippen LogP contribution < -0.4 is 15.1 Å². The molecule has 9 nitrogen and oxygen atoms in total. The van der Waals surface area contributed by atoms with Crippen molar-refractivity contribution in [3.05, 3.63) is 124 Å². The molecule has 55 heavy (non-hydrogen) atoms. The highest BCUT2D eigenvalue weighted by Crippen LogP contribution is 2.47. The Kier molecular flexibility index (Phi) is 9.72. The SMILES string of the molecule is O=C1CC[C@H](N2Cc3cc(N4CCN(CC5CCN(c6ccc([C@@H]7c8ccc(O)cc8CC[C@@H]7c7ccccc7)cc6F)CC5)CC4)ccc3C2=O)C(O)N1. The zero-order chi connectivity index (χ0) is 37.6. The van der Waals surface area contributed by atoms with Gasteiger partial charge in [-0.2, -0.15) is 0 Å². The van der Waals surface area contributed by atoms with Crippen LogP contribution in [-0.2, 0) is 17.8 Å². The summed E-state index contributed by atoms with van der Waals surface area (Å²) >= 11 is 0. The first-order valence-electron chi connectivity index (χ1n) is 20.1. The fourth-order valence-corrected chi connectivity index (χ4v) is 10.1. The third-order valence-corrected chi connectivity index (χ3v) is 13.0. The van der Waals surface area contributed by atoms with Gasteiger partial charge < -0.3 is 30.2 Å². The molecule has 0 saturated carbocycles. The summed E-state index contributed by atoms with van der Waals surface area (Å²) in [4.78, 5) is 33.8. The molecule has 5 aliphatic rings. The van der Waals surface area contributed by atoms with Gasteiger partial charge in [0.2, 0.25) is 5.91 Å². The van der Waals surface area contributed by atoms with E-state index in [9.17, 15) is 19.8 Å². The van der Waals surface area contributed by atoms with Gasteiger partial charge in [0.05, 0.1) is 11.7 Å². The Bertz CT molecular complexity index is 2060. The van der Waals surface area contributed by atoms with Crippen molar-refractivity contribution >= 4 is 23.2 Å². The number of piperazine rings is 1. The number of halogens is 1. The molecule has 4 heterocycles. The number of aliphatic hydroxyl groups is 1. The maximum absolute atomic E-state index is 16.1. The number of carbonyl (C=O) groups is 2. The van der Waals surface area contributed by atoms with Gasteiger partial charge in [-0.05, 0) is 114 Å². The molecule has 0 aromatic heterocycles. The number of aliphatic hydroxyl groups excluding tert-OH is 1. The van der Waals surface area contributed by atoms with Crippen molar-refractivity contribution in [3.63, 3.8) is 0 Å². The fourth-order valence-electron chi connectivity index (χ4n) is 10.1. The number of hydrogen-bond acceptors (Lipinski definition) is 7. The number of aryl methyl sites for hydroxylation is 1. The molecule has 1 unspecified atom stereocenters. The smallest absolute Gasteiger partial charge is 0.254 e. The van der Waals surface area contributed by atoms with E-state index in [1.54, 1.807) is 17.0 Å². The molecule has 0 bridgehead atoms. The molecule has 3 saturated heterocycles. The Hall–Kier alpha value is -4.93. The Balaban J connectivity index is 0.794. The highest BCUT2D eigenvalue weighted by atomic mass is 19.1. The molecule has 3 fully saturated rings. The van der Waals surface area contributed by atoms with Crippen molar-refractivity contribution in [1.29, 1.82) is 0 Å². The summed E-state index contributed by atoms with van der Waals surface area (Å²) in [5, 5.41) is 23.2. The summed E-state index contributed by atoms with van der Waals surface area (Å²) in [5.41, 5.74) is 8.05. The lowest BCUT2D eigenvalue weighted by Gasteiger charge is -2.40. The van der Waals surface area contributed by atoms with Gasteiger partial charge in [-0.1, -0.05) is 42.5 Å². The van der Waals surface area contributed by atoms with Gasteiger partial charge in [0.15, 0.2) is 0 Å². The molecule has 4 aromatic carbocycles. The van der Waals surface area contributed by atoms with Gasteiger partial charge in [-0.15, -0.1) is 0 Å². The minimum Gasteiger partial charge on any atom is -0.508 e. The number of phenolic OH excluding ortho intramolecular Hbond substituents is 1. The van der Waals surface area contributed by atoms with E-state index in [0.717, 1.165) is 93.9 Å². The van der Waals surface area contributed by atoms with Gasteiger partial charge in [-0.3, -0.25) is 14.5 Å². The zero-order valence-corrected chi connectivity index (χ0v) is 31.2. The van der Waals surface area contributed by atoms with Crippen LogP contribution in [0.15, 0.2) is 84.9 Å². The largest absolute Gasteiger partial charge is 0.508 e. The maximum Gasteiger partial charge on any atom is 0.254 e. The summed E-state index contributed by atoms with van der Waals surface area (Å²) in [7, 11) is 0. The number of piperidine rings is 2. The molecule has 2 amide bonds. The molecule has 0 spiro atoms. The van der Waals surface area contributed by atoms with E-state index < -0.39 is 12.3 Å². The number of anilines is 2. The Morgan fingerprint density at radius 1 is 0.745 bits per heavy atom. The standard InChI is InChI=1S/C45H50FN5O4/c46-39-26-32(43-36(30-4-2-1-3-5-30)10-6-31-25-35(52)9-12-37(31)43)7-13-40(39)50-18-16-29(17-19-50)27-48-20-22-49(23-21-48)34-8-11-38-33(24-34)28-51(45(38)55)41-14-15-42(53)47-44(41)54/h1-5,7-9,11-13,24-26,29,36,41,43-44,52,54H,6,10,14-23,27-28H2,(H,47,53)/t36-,41+,43+,44?/m1/s1. The predicted molar refractivity (Wildman–Crippen MR) is 211 cm³/mol. The van der Waals surface area contributed by atoms with Crippen LogP contribution in [0.1, 0.15) is 82.1 Å². The molecule has 0 radical (unpaired) electrons. The number of fused-ring (bicyclic) bond motifs is 2. The van der Waals surface area contributed by atoms with Gasteiger partial charge in [-0.25, -0.2) is 4.39 Å². The molecule has 10 heteroatoms. The number of hydrogen-bond donors (Lipinski definition) is 3. The maximum atomic E-state index is 16.1. The molecule has 4 atom stereocenters. The Labute approximate surface area is 322 Å². The lowest BCUT2D eigenvalue weighted by atomic mass is 9.69. The molecule has 1 aliphatic carbocycles. The number of aromatic hydroxyl groups is 1. The molecular weight excluding hydrogens is 694 g/mol. The number of rotatable bonds is 7. The normalized spacial score (nSPS) is 24.8. The van der Waals surface area contributed by atoms with Crippen LogP contribution in [0.2, 0.25) is 0 Å². The highest BCUT2D eigenvalue weighted by molar-refractivity contribution is 5.99. The second kappa shape index (κ2) is 15.0. The summed E-state index contributed by atoms with van der Waals surface area (Å²) < 4.78 is 16.1. The number of nitrogens with zero attached hydrogens (tertiary/aromatic N) is 4. The number of benzene rings is 4. The molecule has 3 N–H and O–H groups in total. The molecule has 286 valence electrons. The number of phenols is 1. The van der Waals surface area contributed by atoms with E-state index in [1.165, 1.54) is 11.1 Å². The third kappa shape index (κ3) is 7.06. The summed E-state index contributed by atoms with van der Waals surface area (Å²) in [6.07, 6.45) is 3.64. The quantitative estimate of drug-likeness (QED) is 0.214. The van der Waals surface area contributed by atoms with Crippen molar-refractivity contribution in [2.75, 3.05) is 55.6 Å². The van der Waals surface area contributed by atoms with Gasteiger partial charge in [0.25, 0.3) is 5.91 Å². The van der Waals surface area contributed by atoms with E-state index in [4.69, 9.17) is 0 Å². The third-order valence-electron chi connectivity index (χ3n) is 13.0. The van der Waals surface area contributed by atoms with E-state index in [0.29, 0.717) is 36.6 Å². The van der Waals surface area contributed by atoms with Gasteiger partial charge in [0, 0.05) is 75.9 Å². The van der Waals surface area contributed by atoms with Crippen LogP contribution in [0, 0.1) is 11.7 Å². The first-order chi connectivity index (χ1) is 26.8. The first-order valence-corrected chi connectivity index (χ1v) is 20.1. The molecule has 4 aliphatic heterocycles. The summed E-state index contributed by atoms with van der Waals surface area (Å²) in [6, 6.07) is 27.8. The first kappa shape index (κ1) is 35.8. The van der Waals surface area contributed by atoms with E-state index in [2.05, 4.69) is 56.4 Å². The van der Waals surface area contributed by atoms with Gasteiger partial charge >= 0.3 is 0 Å². The Morgan fingerprint density at radius 2 is 1.55 bits per heavy atom. The van der Waals surface area contributed by atoms with Crippen LogP contribution in [0.25, 0.3) is 0 Å². The van der Waals surface area contributed by atoms with Crippen LogP contribution >= 0.6 is 0 Å². The summed E-state index contributed by atoms with van der Waals surface area (Å²) in [6.45, 7) is 6.95. The van der Waals surface area contributed by atoms with Crippen molar-refractivity contribution in [2.45, 2.75) is 69.2 Å². The molecule has 9 rings (SSSR count). The second-order valence-corrected chi connectivity index (χ2v) is 16.2. The van der Waals surface area contributed by atoms with Crippen molar-refractivity contribution < 1.29 is 24.2 Å². The van der Waals surface area contributed by atoms with E-state index in [1.807, 2.05) is 36.4 Å². The van der Waals surface area contributed by atoms with Crippen LogP contribution in [0.5, 0.6) is 5.75 Å². The monoisotopic (exact) mass is 743 g/mol. The fraction of sp³-hybridized carbons (Fsp3) is 0.422. The van der Waals surface area contributed by atoms with Crippen molar-refractivity contribution in [2.24, 2.45) is 5.92 Å². The van der Waals surface area contributed by atoms with E-state index >= 15 is 4.39 Å². The van der Waals surface area contributed by atoms with Crippen molar-refractivity contribution in [3.8, 4) is 5.75 Å². The van der Waals surface area contributed by atoms with Crippen LogP contribution in [0.4, 0.5) is 15.8 Å². The number of carbonyl (C=O) groups excluding carboxylic acids is 2. The predicted octanol–water partition coefficient (Wildman–Crippen LogP) is 5.98. The average molecular weight is 744 g/mol. The lowest BCUT2D eigenvalue weighted by Crippen LogP contribution is -2.55. The van der Waals surface area contributed by atoms with Crippen molar-refractivity contribution in [1.82, 2.24) is 15.1 Å². The minimum atomic E-state index is -1.04. The Morgan fingerprint density at radius 3 is 2.31 bits per heavy atom. The molecule has 4 aromatic rings. The van der Waals surface area contributed by atoms with Crippen LogP contribution in [-0.4, -0.2) is 89.9 Å². The lowest BCUT2D eigenvalue weighted by molar-refractivity contribution is -0.129. The second-order valence-electron chi connectivity index (χ2n) is 16.2. The minimum absolute atomic E-state index is 0.0202. The van der Waals surface area contributed by atoms with Crippen LogP contribution in [0.3, 0.4) is 0 Å². The van der Waals surface area contributed by atoms with E-state index in [-0.39, 0.29) is 35.2 Å². The number of amides is 2. The van der Waals surface area contributed by atoms with Gasteiger partial charge in [0.1, 0.15) is 17.8 Å².